The number of ether oxygens (including phenoxy) is 4. The van der Waals surface area contributed by atoms with E-state index >= 15 is 0 Å². The Morgan fingerprint density at radius 1 is 1.04 bits per heavy atom. The Morgan fingerprint density at radius 2 is 1.80 bits per heavy atom. The number of amides is 2. The highest BCUT2D eigenvalue weighted by Crippen LogP contribution is 2.43. The summed E-state index contributed by atoms with van der Waals surface area (Å²) in [5.74, 6) is 5.64. The van der Waals surface area contributed by atoms with Crippen LogP contribution in [0.25, 0.3) is 0 Å². The smallest absolute Gasteiger partial charge is 0.310 e. The summed E-state index contributed by atoms with van der Waals surface area (Å²) in [6, 6.07) is 17.9. The maximum atomic E-state index is 15.0. The molecular weight excluding hydrogens is 700 g/mol. The van der Waals surface area contributed by atoms with Crippen LogP contribution in [0.3, 0.4) is 0 Å². The van der Waals surface area contributed by atoms with Crippen LogP contribution in [0.4, 0.5) is 0 Å². The molecule has 0 spiro atoms. The quantitative estimate of drug-likeness (QED) is 0.137. The standard InChI is InChI=1S/C42H50N6O7/c1-26(2)48(45)22-30(44)25-54-37-16-14-27(20-43)32-17-18-47(36(39(32)37)23-46-21-28-9-5-6-10-33(28)40(46)49)41(50)34-11-7-8-12-35(34)42(51)55-24-29-13-15-31(52-3)19-38(29)53-4/h5-6,9-10,13-16,19,22,26,34-36H,7-8,11-12,17-18,21,23-25,44-45H2,1-4H3/b30-22-/t34-,35+,36-/m1/s1. The summed E-state index contributed by atoms with van der Waals surface area (Å²) in [6.07, 6.45) is 4.60. The highest BCUT2D eigenvalue weighted by atomic mass is 16.5. The molecule has 1 fully saturated rings. The van der Waals surface area contributed by atoms with Crippen molar-refractivity contribution in [2.24, 2.45) is 23.4 Å². The van der Waals surface area contributed by atoms with Crippen molar-refractivity contribution in [3.05, 3.63) is 99.9 Å². The average molecular weight is 751 g/mol. The Morgan fingerprint density at radius 3 is 2.51 bits per heavy atom. The summed E-state index contributed by atoms with van der Waals surface area (Å²) in [6.45, 7) is 4.68. The molecule has 0 bridgehead atoms. The van der Waals surface area contributed by atoms with Gasteiger partial charge in [0.2, 0.25) is 5.91 Å². The van der Waals surface area contributed by atoms with Crippen LogP contribution in [0.2, 0.25) is 0 Å². The van der Waals surface area contributed by atoms with Crippen molar-refractivity contribution in [2.75, 3.05) is 33.9 Å². The van der Waals surface area contributed by atoms with Gasteiger partial charge in [-0.15, -0.1) is 0 Å². The highest BCUT2D eigenvalue weighted by Gasteiger charge is 2.44. The van der Waals surface area contributed by atoms with Crippen LogP contribution >= 0.6 is 0 Å². The Hall–Kier alpha value is -5.74. The molecule has 2 aliphatic heterocycles. The molecule has 3 aliphatic rings. The lowest BCUT2D eigenvalue weighted by Crippen LogP contribution is -2.50. The monoisotopic (exact) mass is 750 g/mol. The average Bonchev–Trinajstić information content (AvgIpc) is 3.52. The van der Waals surface area contributed by atoms with E-state index in [1.807, 2.05) is 38.1 Å². The zero-order valence-electron chi connectivity index (χ0n) is 32.0. The Bertz CT molecular complexity index is 1990. The largest absolute Gasteiger partial charge is 0.497 e. The summed E-state index contributed by atoms with van der Waals surface area (Å²) in [5.41, 5.74) is 10.8. The van der Waals surface area contributed by atoms with Crippen LogP contribution in [-0.2, 0) is 33.9 Å². The van der Waals surface area contributed by atoms with Gasteiger partial charge in [0.05, 0.1) is 49.4 Å². The molecule has 0 radical (unpaired) electrons. The second kappa shape index (κ2) is 17.2. The number of esters is 1. The van der Waals surface area contributed by atoms with E-state index < -0.39 is 23.8 Å². The Balaban J connectivity index is 1.32. The molecule has 3 aromatic rings. The molecule has 4 N–H and O–H groups in total. The zero-order valence-corrected chi connectivity index (χ0v) is 32.0. The highest BCUT2D eigenvalue weighted by molar-refractivity contribution is 5.98. The molecule has 1 saturated carbocycles. The van der Waals surface area contributed by atoms with Gasteiger partial charge in [-0.2, -0.15) is 5.26 Å². The summed E-state index contributed by atoms with van der Waals surface area (Å²) in [5, 5.41) is 11.7. The van der Waals surface area contributed by atoms with Crippen molar-refractivity contribution in [3.63, 3.8) is 0 Å². The van der Waals surface area contributed by atoms with Gasteiger partial charge in [-0.3, -0.25) is 14.4 Å². The fourth-order valence-electron chi connectivity index (χ4n) is 7.86. The van der Waals surface area contributed by atoms with Crippen LogP contribution in [0, 0.1) is 23.2 Å². The van der Waals surface area contributed by atoms with Gasteiger partial charge in [0, 0.05) is 54.6 Å². The van der Waals surface area contributed by atoms with Crippen molar-refractivity contribution in [1.82, 2.24) is 14.8 Å². The number of hydrazine groups is 1. The molecule has 290 valence electrons. The maximum Gasteiger partial charge on any atom is 0.310 e. The first-order valence-electron chi connectivity index (χ1n) is 18.8. The van der Waals surface area contributed by atoms with Crippen LogP contribution in [0.15, 0.2) is 66.5 Å². The molecule has 3 aromatic carbocycles. The first kappa shape index (κ1) is 39.0. The number of rotatable bonds is 13. The van der Waals surface area contributed by atoms with Crippen LogP contribution in [0.5, 0.6) is 17.2 Å². The van der Waals surface area contributed by atoms with Crippen LogP contribution in [0.1, 0.15) is 83.7 Å². The van der Waals surface area contributed by atoms with E-state index in [2.05, 4.69) is 6.07 Å². The van der Waals surface area contributed by atoms with Gasteiger partial charge in [-0.25, -0.2) is 5.84 Å². The fourth-order valence-corrected chi connectivity index (χ4v) is 7.86. The number of hydrogen-bond donors (Lipinski definition) is 2. The molecule has 55 heavy (non-hydrogen) atoms. The predicted molar refractivity (Wildman–Crippen MR) is 204 cm³/mol. The number of fused-ring (bicyclic) bond motifs is 2. The van der Waals surface area contributed by atoms with E-state index in [0.29, 0.717) is 77.6 Å². The summed E-state index contributed by atoms with van der Waals surface area (Å²) in [4.78, 5) is 46.1. The first-order chi connectivity index (χ1) is 26.5. The number of methoxy groups -OCH3 is 2. The summed E-state index contributed by atoms with van der Waals surface area (Å²) < 4.78 is 23.0. The van der Waals surface area contributed by atoms with Crippen LogP contribution < -0.4 is 25.8 Å². The van der Waals surface area contributed by atoms with Gasteiger partial charge >= 0.3 is 5.97 Å². The minimum absolute atomic E-state index is 0.00301. The van der Waals surface area contributed by atoms with Gasteiger partial charge in [0.1, 0.15) is 30.5 Å². The minimum Gasteiger partial charge on any atom is -0.497 e. The molecular formula is C42H50N6O7. The lowest BCUT2D eigenvalue weighted by molar-refractivity contribution is -0.159. The van der Waals surface area contributed by atoms with E-state index in [4.69, 9.17) is 30.5 Å². The summed E-state index contributed by atoms with van der Waals surface area (Å²) in [7, 11) is 3.11. The molecule has 3 atom stereocenters. The van der Waals surface area contributed by atoms with Gasteiger partial charge in [0.25, 0.3) is 5.91 Å². The second-order valence-electron chi connectivity index (χ2n) is 14.6. The van der Waals surface area contributed by atoms with E-state index in [0.717, 1.165) is 24.0 Å². The lowest BCUT2D eigenvalue weighted by Gasteiger charge is -2.43. The number of carbonyl (C=O) groups excluding carboxylic acids is 3. The number of nitrogens with zero attached hydrogens (tertiary/aromatic N) is 4. The molecule has 2 heterocycles. The number of nitriles is 1. The van der Waals surface area contributed by atoms with Gasteiger partial charge in [0.15, 0.2) is 0 Å². The first-order valence-corrected chi connectivity index (χ1v) is 18.8. The van der Waals surface area contributed by atoms with Crippen LogP contribution in [-0.4, -0.2) is 72.6 Å². The van der Waals surface area contributed by atoms with Gasteiger partial charge < -0.3 is 39.5 Å². The van der Waals surface area contributed by atoms with Crippen molar-refractivity contribution < 1.29 is 33.3 Å². The number of benzene rings is 3. The normalized spacial score (nSPS) is 19.3. The molecule has 2 amide bonds. The lowest BCUT2D eigenvalue weighted by atomic mass is 9.77. The SMILES string of the molecule is COc1ccc(COC(=O)[C@H]2CCCC[C@H]2C(=O)N2CCc3c(C#N)ccc(OC/C(N)=C/N(N)C(C)C)c3[C@H]2CN2Cc3ccccc3C2=O)c(OC)c1. The van der Waals surface area contributed by atoms with E-state index in [1.165, 1.54) is 5.01 Å². The minimum atomic E-state index is -0.674. The van der Waals surface area contributed by atoms with E-state index in [1.54, 1.807) is 60.6 Å². The molecule has 6 rings (SSSR count). The molecule has 1 aliphatic carbocycles. The third-order valence-electron chi connectivity index (χ3n) is 10.9. The van der Waals surface area contributed by atoms with E-state index in [-0.39, 0.29) is 37.6 Å². The van der Waals surface area contributed by atoms with Gasteiger partial charge in [-0.1, -0.05) is 31.0 Å². The number of carbonyl (C=O) groups is 3. The van der Waals surface area contributed by atoms with Crippen molar-refractivity contribution in [3.8, 4) is 23.3 Å². The Labute approximate surface area is 322 Å². The molecule has 0 aromatic heterocycles. The third kappa shape index (κ3) is 8.34. The third-order valence-corrected chi connectivity index (χ3v) is 10.9. The Kier molecular flexibility index (Phi) is 12.2. The topological polar surface area (TPSA) is 174 Å². The molecule has 13 nitrogen and oxygen atoms in total. The van der Waals surface area contributed by atoms with Gasteiger partial charge in [-0.05, 0) is 74.6 Å². The van der Waals surface area contributed by atoms with E-state index in [9.17, 15) is 19.6 Å². The molecule has 13 heteroatoms. The predicted octanol–water partition coefficient (Wildman–Crippen LogP) is 4.97. The zero-order chi connectivity index (χ0) is 39.2. The molecule has 0 unspecified atom stereocenters. The van der Waals surface area contributed by atoms with Crippen molar-refractivity contribution >= 4 is 17.8 Å². The summed E-state index contributed by atoms with van der Waals surface area (Å²) >= 11 is 0. The van der Waals surface area contributed by atoms with Crippen molar-refractivity contribution in [1.29, 1.82) is 5.26 Å². The maximum absolute atomic E-state index is 15.0. The fraction of sp³-hybridized carbons (Fsp3) is 0.429. The molecule has 0 saturated heterocycles. The van der Waals surface area contributed by atoms with Crippen molar-refractivity contribution in [2.45, 2.75) is 71.2 Å². The number of nitrogens with two attached hydrogens (primary N) is 2. The second-order valence-corrected chi connectivity index (χ2v) is 14.6. The number of hydrogen-bond acceptors (Lipinski definition) is 11.